The highest BCUT2D eigenvalue weighted by Crippen LogP contribution is 2.19. The van der Waals surface area contributed by atoms with Gasteiger partial charge in [-0.25, -0.2) is 4.39 Å². The third-order valence-electron chi connectivity index (χ3n) is 5.01. The van der Waals surface area contributed by atoms with Gasteiger partial charge in [-0.05, 0) is 61.2 Å². The maximum atomic E-state index is 13.3. The minimum atomic E-state index is -0.242. The molecule has 0 aliphatic heterocycles. The number of carbonyl (C=O) groups excluding carboxylic acids is 1. The summed E-state index contributed by atoms with van der Waals surface area (Å²) in [5, 5.41) is 7.64. The summed E-state index contributed by atoms with van der Waals surface area (Å²) in [7, 11) is 3.51. The molecular weight excluding hydrogens is 520 g/mol. The lowest BCUT2D eigenvalue weighted by Gasteiger charge is -2.13. The molecule has 0 fully saturated rings. The summed E-state index contributed by atoms with van der Waals surface area (Å²) in [6.07, 6.45) is 3.46. The Hall–Kier alpha value is -2.62. The van der Waals surface area contributed by atoms with Crippen LogP contribution in [0.15, 0.2) is 53.7 Å². The molecule has 0 atom stereocenters. The molecule has 0 aliphatic rings. The molecule has 0 bridgehead atoms. The molecule has 0 saturated carbocycles. The Morgan fingerprint density at radius 1 is 1.12 bits per heavy atom. The average Bonchev–Trinajstić information content (AvgIpc) is 3.15. The van der Waals surface area contributed by atoms with Crippen molar-refractivity contribution in [3.05, 3.63) is 71.2 Å². The van der Waals surface area contributed by atoms with E-state index in [0.29, 0.717) is 18.7 Å². The van der Waals surface area contributed by atoms with Crippen LogP contribution < -0.4 is 10.6 Å². The first-order valence-corrected chi connectivity index (χ1v) is 10.6. The van der Waals surface area contributed by atoms with E-state index in [9.17, 15) is 9.18 Å². The number of aliphatic imine (C=N–C) groups is 1. The Morgan fingerprint density at radius 2 is 1.94 bits per heavy atom. The van der Waals surface area contributed by atoms with Crippen molar-refractivity contribution in [2.45, 2.75) is 19.8 Å². The fraction of sp³-hybridized carbons (Fsp3) is 0.333. The minimum Gasteiger partial charge on any atom is -0.361 e. The number of aromatic amines is 1. The van der Waals surface area contributed by atoms with Gasteiger partial charge in [0.1, 0.15) is 5.82 Å². The molecule has 32 heavy (non-hydrogen) atoms. The number of fused-ring (bicyclic) bond motifs is 1. The lowest BCUT2D eigenvalue weighted by Crippen LogP contribution is -2.38. The standard InChI is InChI=1S/C24H30FN5O.HI/c1-4-26-24(27-12-10-17-6-5-7-18(14-17)23(31)30(2)3)28-13-11-19-16-29-22-15-20(25)8-9-21(19)22;/h5-9,14-16,29H,4,10-13H2,1-3H3,(H2,26,27,28);1H. The van der Waals surface area contributed by atoms with Crippen LogP contribution in [0.2, 0.25) is 0 Å². The molecule has 0 unspecified atom stereocenters. The van der Waals surface area contributed by atoms with Gasteiger partial charge in [-0.1, -0.05) is 12.1 Å². The normalized spacial score (nSPS) is 11.2. The first-order valence-electron chi connectivity index (χ1n) is 10.6. The first kappa shape index (κ1) is 25.6. The molecule has 0 aliphatic carbocycles. The Labute approximate surface area is 205 Å². The summed E-state index contributed by atoms with van der Waals surface area (Å²) in [6.45, 7) is 4.12. The summed E-state index contributed by atoms with van der Waals surface area (Å²) >= 11 is 0. The minimum absolute atomic E-state index is 0. The van der Waals surface area contributed by atoms with Crippen molar-refractivity contribution in [1.29, 1.82) is 0 Å². The summed E-state index contributed by atoms with van der Waals surface area (Å²) in [5.41, 5.74) is 3.72. The van der Waals surface area contributed by atoms with Crippen molar-refractivity contribution < 1.29 is 9.18 Å². The molecular formula is C24H31FIN5O. The molecule has 0 saturated heterocycles. The van der Waals surface area contributed by atoms with Gasteiger partial charge < -0.3 is 20.5 Å². The van der Waals surface area contributed by atoms with E-state index >= 15 is 0 Å². The van der Waals surface area contributed by atoms with E-state index in [4.69, 9.17) is 0 Å². The number of nitrogens with zero attached hydrogens (tertiary/aromatic N) is 2. The van der Waals surface area contributed by atoms with E-state index in [1.165, 1.54) is 12.1 Å². The SMILES string of the molecule is CCNC(=NCCc1c[nH]c2cc(F)ccc12)NCCc1cccc(C(=O)N(C)C)c1.I. The van der Waals surface area contributed by atoms with E-state index in [1.807, 2.05) is 37.4 Å². The number of rotatable bonds is 8. The zero-order valence-electron chi connectivity index (χ0n) is 18.7. The lowest BCUT2D eigenvalue weighted by molar-refractivity contribution is 0.0827. The van der Waals surface area contributed by atoms with Gasteiger partial charge in [-0.3, -0.25) is 9.79 Å². The van der Waals surface area contributed by atoms with Crippen LogP contribution in [0, 0.1) is 5.82 Å². The highest BCUT2D eigenvalue weighted by Gasteiger charge is 2.08. The number of amides is 1. The summed E-state index contributed by atoms with van der Waals surface area (Å²) in [4.78, 5) is 21.5. The highest BCUT2D eigenvalue weighted by atomic mass is 127. The van der Waals surface area contributed by atoms with E-state index in [1.54, 1.807) is 25.1 Å². The number of halogens is 2. The van der Waals surface area contributed by atoms with Crippen LogP contribution in [0.5, 0.6) is 0 Å². The third-order valence-corrected chi connectivity index (χ3v) is 5.01. The number of carbonyl (C=O) groups is 1. The Balaban J connectivity index is 0.00000363. The van der Waals surface area contributed by atoms with Gasteiger partial charge in [0.05, 0.1) is 0 Å². The Bertz CT molecular complexity index is 1060. The van der Waals surface area contributed by atoms with Gasteiger partial charge >= 0.3 is 0 Å². The van der Waals surface area contributed by atoms with Crippen LogP contribution in [0.25, 0.3) is 10.9 Å². The number of aromatic nitrogens is 1. The summed E-state index contributed by atoms with van der Waals surface area (Å²) in [6, 6.07) is 12.5. The predicted octanol–water partition coefficient (Wildman–Crippen LogP) is 3.97. The van der Waals surface area contributed by atoms with E-state index in [0.717, 1.165) is 47.4 Å². The third kappa shape index (κ3) is 6.94. The fourth-order valence-corrected chi connectivity index (χ4v) is 3.44. The van der Waals surface area contributed by atoms with Crippen LogP contribution in [0.1, 0.15) is 28.4 Å². The molecule has 8 heteroatoms. The van der Waals surface area contributed by atoms with Gasteiger partial charge in [-0.15, -0.1) is 24.0 Å². The van der Waals surface area contributed by atoms with E-state index in [2.05, 4.69) is 20.6 Å². The maximum Gasteiger partial charge on any atom is 0.253 e. The number of hydrogen-bond acceptors (Lipinski definition) is 2. The predicted molar refractivity (Wildman–Crippen MR) is 140 cm³/mol. The second-order valence-electron chi connectivity index (χ2n) is 7.59. The van der Waals surface area contributed by atoms with Crippen molar-refractivity contribution in [2.24, 2.45) is 4.99 Å². The van der Waals surface area contributed by atoms with Crippen molar-refractivity contribution >= 4 is 46.7 Å². The molecule has 0 radical (unpaired) electrons. The Kier molecular flexibility index (Phi) is 9.96. The summed E-state index contributed by atoms with van der Waals surface area (Å²) in [5.74, 6) is 0.521. The van der Waals surface area contributed by atoms with Crippen molar-refractivity contribution in [2.75, 3.05) is 33.7 Å². The van der Waals surface area contributed by atoms with Gasteiger partial charge in [0, 0.05) is 56.4 Å². The van der Waals surface area contributed by atoms with Gasteiger partial charge in [0.15, 0.2) is 5.96 Å². The van der Waals surface area contributed by atoms with Crippen LogP contribution in [-0.2, 0) is 12.8 Å². The molecule has 172 valence electrons. The van der Waals surface area contributed by atoms with Crippen molar-refractivity contribution in [1.82, 2.24) is 20.5 Å². The van der Waals surface area contributed by atoms with E-state index in [-0.39, 0.29) is 35.7 Å². The molecule has 3 rings (SSSR count). The zero-order chi connectivity index (χ0) is 22.2. The number of hydrogen-bond donors (Lipinski definition) is 3. The lowest BCUT2D eigenvalue weighted by atomic mass is 10.1. The number of H-pyrrole nitrogens is 1. The van der Waals surface area contributed by atoms with Crippen LogP contribution in [0.3, 0.4) is 0 Å². The fourth-order valence-electron chi connectivity index (χ4n) is 3.44. The van der Waals surface area contributed by atoms with Crippen molar-refractivity contribution in [3.63, 3.8) is 0 Å². The molecule has 6 nitrogen and oxygen atoms in total. The number of nitrogens with one attached hydrogen (secondary N) is 3. The second kappa shape index (κ2) is 12.4. The monoisotopic (exact) mass is 551 g/mol. The molecule has 0 spiro atoms. The van der Waals surface area contributed by atoms with E-state index < -0.39 is 0 Å². The zero-order valence-corrected chi connectivity index (χ0v) is 21.1. The molecule has 1 amide bonds. The molecule has 3 N–H and O–H groups in total. The van der Waals surface area contributed by atoms with Crippen LogP contribution in [-0.4, -0.2) is 55.5 Å². The number of guanidine groups is 1. The van der Waals surface area contributed by atoms with Gasteiger partial charge in [-0.2, -0.15) is 0 Å². The maximum absolute atomic E-state index is 13.3. The van der Waals surface area contributed by atoms with Crippen LogP contribution >= 0.6 is 24.0 Å². The van der Waals surface area contributed by atoms with Crippen molar-refractivity contribution in [3.8, 4) is 0 Å². The largest absolute Gasteiger partial charge is 0.361 e. The van der Waals surface area contributed by atoms with Crippen LogP contribution in [0.4, 0.5) is 4.39 Å². The topological polar surface area (TPSA) is 72.5 Å². The smallest absolute Gasteiger partial charge is 0.253 e. The quantitative estimate of drug-likeness (QED) is 0.226. The molecule has 2 aromatic carbocycles. The highest BCUT2D eigenvalue weighted by molar-refractivity contribution is 14.0. The average molecular weight is 551 g/mol. The first-order chi connectivity index (χ1) is 15.0. The molecule has 3 aromatic rings. The van der Waals surface area contributed by atoms with Gasteiger partial charge in [0.25, 0.3) is 5.91 Å². The second-order valence-corrected chi connectivity index (χ2v) is 7.59. The Morgan fingerprint density at radius 3 is 2.69 bits per heavy atom. The van der Waals surface area contributed by atoms with Gasteiger partial charge in [0.2, 0.25) is 0 Å². The number of benzene rings is 2. The molecule has 1 heterocycles. The summed E-state index contributed by atoms with van der Waals surface area (Å²) < 4.78 is 13.3. The molecule has 1 aromatic heterocycles.